The molecule has 1 aromatic carbocycles. The molecular weight excluding hydrogens is 276 g/mol. The van der Waals surface area contributed by atoms with Gasteiger partial charge in [-0.15, -0.1) is 0 Å². The monoisotopic (exact) mass is 305 g/mol. The Kier molecular flexibility index (Phi) is 4.67. The summed E-state index contributed by atoms with van der Waals surface area (Å²) in [5.41, 5.74) is 2.71. The summed E-state index contributed by atoms with van der Waals surface area (Å²) in [5, 5.41) is 1.13. The highest BCUT2D eigenvalue weighted by Crippen LogP contribution is 2.40. The highest BCUT2D eigenvalue weighted by atomic mass is 28.4. The summed E-state index contributed by atoms with van der Waals surface area (Å²) in [6.45, 7) is 20.2. The van der Waals surface area contributed by atoms with Gasteiger partial charge in [-0.05, 0) is 41.6 Å². The molecule has 0 fully saturated rings. The highest BCUT2D eigenvalue weighted by molar-refractivity contribution is 6.70. The van der Waals surface area contributed by atoms with Crippen LogP contribution in [0.1, 0.15) is 52.7 Å². The third kappa shape index (κ3) is 4.49. The normalized spacial score (nSPS) is 13.5. The lowest BCUT2D eigenvalue weighted by atomic mass is 9.79. The van der Waals surface area contributed by atoms with Gasteiger partial charge >= 0.3 is 0 Å². The van der Waals surface area contributed by atoms with E-state index in [1.54, 1.807) is 0 Å². The van der Waals surface area contributed by atoms with Crippen molar-refractivity contribution < 1.29 is 4.43 Å². The van der Waals surface area contributed by atoms with Crippen molar-refractivity contribution in [2.24, 2.45) is 0 Å². The van der Waals surface area contributed by atoms with Gasteiger partial charge in [0.05, 0.1) is 10.2 Å². The number of rotatable bonds is 2. The summed E-state index contributed by atoms with van der Waals surface area (Å²) in [4.78, 5) is 0. The van der Waals surface area contributed by atoms with Gasteiger partial charge in [0.15, 0.2) is 0 Å². The molecule has 0 aromatic heterocycles. The first kappa shape index (κ1) is 17.5. The molecule has 0 aliphatic carbocycles. The maximum absolute atomic E-state index is 6.49. The van der Waals surface area contributed by atoms with Gasteiger partial charge in [0.1, 0.15) is 5.75 Å². The molecule has 0 aliphatic rings. The van der Waals surface area contributed by atoms with Crippen molar-refractivity contribution in [2.75, 3.05) is 0 Å². The van der Waals surface area contributed by atoms with Crippen molar-refractivity contribution in [2.45, 2.75) is 72.0 Å². The van der Waals surface area contributed by atoms with Crippen molar-refractivity contribution in [3.8, 4) is 5.75 Å². The Morgan fingerprint density at radius 3 is 1.45 bits per heavy atom. The molecule has 0 N–H and O–H groups in total. The Bertz CT molecular complexity index is 450. The van der Waals surface area contributed by atoms with E-state index < -0.39 is 8.32 Å². The van der Waals surface area contributed by atoms with Crippen LogP contribution in [0, 0.1) is 0 Å². The van der Waals surface area contributed by atoms with Crippen LogP contribution >= 0.6 is 0 Å². The van der Waals surface area contributed by atoms with Crippen molar-refractivity contribution in [3.05, 3.63) is 23.3 Å². The largest absolute Gasteiger partial charge is 0.544 e. The summed E-state index contributed by atoms with van der Waals surface area (Å²) in [6, 6.07) is 4.42. The SMILES string of the molecule is CC(C)(C)c1cc([Si])cc(C(C)(C)C)c1O[Si](C)(C)C. The molecule has 3 heteroatoms. The van der Waals surface area contributed by atoms with Crippen LogP contribution in [-0.2, 0) is 10.8 Å². The molecule has 0 atom stereocenters. The topological polar surface area (TPSA) is 9.23 Å². The Hall–Kier alpha value is -0.546. The van der Waals surface area contributed by atoms with Gasteiger partial charge in [-0.25, -0.2) is 0 Å². The van der Waals surface area contributed by atoms with Crippen LogP contribution in [0.15, 0.2) is 12.1 Å². The fraction of sp³-hybridized carbons (Fsp3) is 0.647. The Labute approximate surface area is 129 Å². The molecule has 1 nitrogen and oxygen atoms in total. The predicted molar refractivity (Wildman–Crippen MR) is 93.2 cm³/mol. The third-order valence-corrected chi connectivity index (χ3v) is 4.22. The summed E-state index contributed by atoms with van der Waals surface area (Å²) >= 11 is 0. The summed E-state index contributed by atoms with van der Waals surface area (Å²) in [6.07, 6.45) is 0. The van der Waals surface area contributed by atoms with Crippen LogP contribution in [0.4, 0.5) is 0 Å². The van der Waals surface area contributed by atoms with Crippen LogP contribution in [-0.4, -0.2) is 18.6 Å². The fourth-order valence-corrected chi connectivity index (χ4v) is 3.28. The predicted octanol–water partition coefficient (Wildman–Crippen LogP) is 4.29. The van der Waals surface area contributed by atoms with Gasteiger partial charge in [-0.3, -0.25) is 0 Å². The van der Waals surface area contributed by atoms with Crippen molar-refractivity contribution in [3.63, 3.8) is 0 Å². The fourth-order valence-electron chi connectivity index (χ4n) is 2.16. The van der Waals surface area contributed by atoms with Gasteiger partial charge in [-0.2, -0.15) is 0 Å². The second-order valence-electron chi connectivity index (χ2n) is 8.61. The number of benzene rings is 1. The Morgan fingerprint density at radius 1 is 0.850 bits per heavy atom. The summed E-state index contributed by atoms with van der Waals surface area (Å²) < 4.78 is 6.49. The minimum atomic E-state index is -1.65. The molecule has 1 rings (SSSR count). The molecule has 111 valence electrons. The Balaban J connectivity index is 3.63. The standard InChI is InChI=1S/C17H29OSi2/c1-16(2,3)13-10-12(19)11-14(17(4,5)6)15(13)18-20(7,8)9/h10-11H,1-9H3. The van der Waals surface area contributed by atoms with E-state index in [1.807, 2.05) is 0 Å². The van der Waals surface area contributed by atoms with E-state index in [2.05, 4.69) is 83.6 Å². The Morgan fingerprint density at radius 2 is 1.20 bits per heavy atom. The number of hydrogen-bond donors (Lipinski definition) is 0. The van der Waals surface area contributed by atoms with Gasteiger partial charge in [0.2, 0.25) is 8.32 Å². The first-order valence-corrected chi connectivity index (χ1v) is 11.2. The summed E-state index contributed by atoms with van der Waals surface area (Å²) in [5.74, 6) is 1.10. The van der Waals surface area contributed by atoms with E-state index in [4.69, 9.17) is 4.43 Å². The minimum absolute atomic E-state index is 0.0671. The van der Waals surface area contributed by atoms with E-state index >= 15 is 0 Å². The lowest BCUT2D eigenvalue weighted by Gasteiger charge is -2.33. The van der Waals surface area contributed by atoms with E-state index in [0.29, 0.717) is 0 Å². The van der Waals surface area contributed by atoms with Crippen molar-refractivity contribution >= 4 is 23.7 Å². The molecule has 0 saturated heterocycles. The molecule has 1 aromatic rings. The van der Waals surface area contributed by atoms with Gasteiger partial charge in [-0.1, -0.05) is 58.9 Å². The smallest absolute Gasteiger partial charge is 0.242 e. The molecule has 0 bridgehead atoms. The zero-order chi connectivity index (χ0) is 15.9. The average molecular weight is 306 g/mol. The zero-order valence-corrected chi connectivity index (χ0v) is 16.6. The molecule has 0 saturated carbocycles. The van der Waals surface area contributed by atoms with Crippen LogP contribution in [0.25, 0.3) is 0 Å². The van der Waals surface area contributed by atoms with Crippen LogP contribution in [0.2, 0.25) is 19.6 Å². The molecule has 0 amide bonds. The van der Waals surface area contributed by atoms with E-state index in [1.165, 1.54) is 11.1 Å². The summed E-state index contributed by atoms with van der Waals surface area (Å²) in [7, 11) is 2.07. The second-order valence-corrected chi connectivity index (χ2v) is 13.6. The van der Waals surface area contributed by atoms with Gasteiger partial charge in [0.25, 0.3) is 0 Å². The maximum atomic E-state index is 6.49. The molecule has 0 spiro atoms. The third-order valence-electron chi connectivity index (χ3n) is 3.11. The highest BCUT2D eigenvalue weighted by Gasteiger charge is 2.30. The second kappa shape index (κ2) is 5.34. The van der Waals surface area contributed by atoms with Crippen molar-refractivity contribution in [1.29, 1.82) is 0 Å². The molecular formula is C17H29OSi2. The van der Waals surface area contributed by atoms with Crippen molar-refractivity contribution in [1.82, 2.24) is 0 Å². The molecule has 3 radical (unpaired) electrons. The zero-order valence-electron chi connectivity index (χ0n) is 14.6. The molecule has 0 unspecified atom stereocenters. The molecule has 20 heavy (non-hydrogen) atoms. The van der Waals surface area contributed by atoms with Gasteiger partial charge < -0.3 is 4.43 Å². The van der Waals surface area contributed by atoms with E-state index in [9.17, 15) is 0 Å². The van der Waals surface area contributed by atoms with E-state index in [-0.39, 0.29) is 10.8 Å². The van der Waals surface area contributed by atoms with Crippen LogP contribution < -0.4 is 9.61 Å². The molecule has 0 aliphatic heterocycles. The number of hydrogen-bond acceptors (Lipinski definition) is 1. The van der Waals surface area contributed by atoms with Crippen LogP contribution in [0.5, 0.6) is 5.75 Å². The van der Waals surface area contributed by atoms with E-state index in [0.717, 1.165) is 10.9 Å². The lowest BCUT2D eigenvalue weighted by molar-refractivity contribution is 0.478. The first-order valence-electron chi connectivity index (χ1n) is 7.31. The lowest BCUT2D eigenvalue weighted by Crippen LogP contribution is -2.33. The average Bonchev–Trinajstić information content (AvgIpc) is 2.14. The minimum Gasteiger partial charge on any atom is -0.544 e. The molecule has 0 heterocycles. The first-order chi connectivity index (χ1) is 8.72. The maximum Gasteiger partial charge on any atom is 0.242 e. The quantitative estimate of drug-likeness (QED) is 0.741. The van der Waals surface area contributed by atoms with Gasteiger partial charge in [0, 0.05) is 0 Å². The van der Waals surface area contributed by atoms with Crippen LogP contribution in [0.3, 0.4) is 0 Å².